The van der Waals surface area contributed by atoms with Gasteiger partial charge in [0.05, 0.1) is 17.3 Å². The van der Waals surface area contributed by atoms with E-state index in [1.54, 1.807) is 29.2 Å². The molecule has 5 nitrogen and oxygen atoms in total. The molecule has 0 aliphatic carbocycles. The Labute approximate surface area is 108 Å². The van der Waals surface area contributed by atoms with Crippen molar-refractivity contribution < 1.29 is 0 Å². The topological polar surface area (TPSA) is 69.1 Å². The van der Waals surface area contributed by atoms with E-state index < -0.39 is 0 Å². The van der Waals surface area contributed by atoms with Gasteiger partial charge in [-0.25, -0.2) is 14.7 Å². The van der Waals surface area contributed by atoms with Crippen molar-refractivity contribution in [3.63, 3.8) is 0 Å². The van der Waals surface area contributed by atoms with E-state index in [2.05, 4.69) is 15.1 Å². The first-order valence-electron chi connectivity index (χ1n) is 4.74. The van der Waals surface area contributed by atoms with E-state index in [1.807, 2.05) is 0 Å². The smallest absolute Gasteiger partial charge is 0.138 e. The Hall–Kier alpha value is -1.59. The molecular formula is C10H9Cl2N5. The third kappa shape index (κ3) is 2.75. The van der Waals surface area contributed by atoms with Gasteiger partial charge < -0.3 is 5.73 Å². The van der Waals surface area contributed by atoms with Gasteiger partial charge in [0, 0.05) is 5.02 Å². The summed E-state index contributed by atoms with van der Waals surface area (Å²) in [4.78, 5) is 8.06. The van der Waals surface area contributed by atoms with Crippen LogP contribution in [0.15, 0.2) is 35.8 Å². The fourth-order valence-electron chi connectivity index (χ4n) is 1.30. The van der Waals surface area contributed by atoms with Crippen LogP contribution in [0.25, 0.3) is 5.69 Å². The Bertz CT molecular complexity index is 536. The lowest BCUT2D eigenvalue weighted by Gasteiger charge is -2.06. The lowest BCUT2D eigenvalue weighted by atomic mass is 10.2. The van der Waals surface area contributed by atoms with Crippen LogP contribution in [-0.2, 0) is 0 Å². The minimum atomic E-state index is 0.156. The minimum Gasteiger partial charge on any atom is -0.386 e. The number of alkyl halides is 1. The van der Waals surface area contributed by atoms with E-state index in [0.29, 0.717) is 16.5 Å². The van der Waals surface area contributed by atoms with Crippen molar-refractivity contribution in [2.45, 2.75) is 0 Å². The summed E-state index contributed by atoms with van der Waals surface area (Å²) in [7, 11) is 0. The maximum absolute atomic E-state index is 5.92. The molecule has 0 saturated heterocycles. The zero-order valence-corrected chi connectivity index (χ0v) is 10.2. The number of hydrogen-bond donors (Lipinski definition) is 1. The fourth-order valence-corrected chi connectivity index (χ4v) is 1.52. The number of nitrogens with zero attached hydrogens (tertiary/aromatic N) is 4. The SMILES string of the molecule is NC(CCl)=Nc1cc(Cl)ccc1-n1cncn1. The second-order valence-corrected chi connectivity index (χ2v) is 3.91. The van der Waals surface area contributed by atoms with Crippen molar-refractivity contribution >= 4 is 34.7 Å². The molecule has 0 bridgehead atoms. The first-order valence-corrected chi connectivity index (χ1v) is 5.65. The summed E-state index contributed by atoms with van der Waals surface area (Å²) < 4.78 is 1.58. The lowest BCUT2D eigenvalue weighted by molar-refractivity contribution is 0.879. The Kier molecular flexibility index (Phi) is 3.61. The van der Waals surface area contributed by atoms with E-state index in [0.717, 1.165) is 5.69 Å². The number of benzene rings is 1. The Morgan fingerprint density at radius 3 is 2.94 bits per heavy atom. The molecule has 1 aromatic carbocycles. The van der Waals surface area contributed by atoms with Gasteiger partial charge in [-0.05, 0) is 18.2 Å². The first-order chi connectivity index (χ1) is 8.20. The zero-order chi connectivity index (χ0) is 12.3. The molecule has 0 atom stereocenters. The van der Waals surface area contributed by atoms with Crippen LogP contribution < -0.4 is 5.73 Å². The molecule has 7 heteroatoms. The van der Waals surface area contributed by atoms with E-state index in [9.17, 15) is 0 Å². The molecule has 88 valence electrons. The van der Waals surface area contributed by atoms with Gasteiger partial charge in [-0.1, -0.05) is 11.6 Å². The second kappa shape index (κ2) is 5.16. The van der Waals surface area contributed by atoms with Crippen LogP contribution in [0.4, 0.5) is 5.69 Å². The van der Waals surface area contributed by atoms with Crippen molar-refractivity contribution in [2.24, 2.45) is 10.7 Å². The molecule has 2 N–H and O–H groups in total. The quantitative estimate of drug-likeness (QED) is 0.527. The molecule has 0 fully saturated rings. The normalized spacial score (nSPS) is 11.8. The van der Waals surface area contributed by atoms with E-state index in [1.165, 1.54) is 6.33 Å². The number of aliphatic imine (C=N–C) groups is 1. The van der Waals surface area contributed by atoms with Crippen LogP contribution >= 0.6 is 23.2 Å². The fraction of sp³-hybridized carbons (Fsp3) is 0.100. The summed E-state index contributed by atoms with van der Waals surface area (Å²) in [5.41, 5.74) is 6.94. The molecule has 2 aromatic rings. The number of rotatable bonds is 3. The number of hydrogen-bond acceptors (Lipinski definition) is 3. The predicted molar refractivity (Wildman–Crippen MR) is 68.4 cm³/mol. The molecule has 0 amide bonds. The zero-order valence-electron chi connectivity index (χ0n) is 8.72. The van der Waals surface area contributed by atoms with Crippen LogP contribution in [0.5, 0.6) is 0 Å². The van der Waals surface area contributed by atoms with Crippen LogP contribution in [0.2, 0.25) is 5.02 Å². The summed E-state index contributed by atoms with van der Waals surface area (Å²) >= 11 is 11.5. The van der Waals surface area contributed by atoms with Crippen molar-refractivity contribution in [1.29, 1.82) is 0 Å². The summed E-state index contributed by atoms with van der Waals surface area (Å²) in [6.45, 7) is 0. The molecule has 1 heterocycles. The molecule has 2 rings (SSSR count). The summed E-state index contributed by atoms with van der Waals surface area (Å²) in [6, 6.07) is 5.23. The van der Waals surface area contributed by atoms with Crippen molar-refractivity contribution in [2.75, 3.05) is 5.88 Å². The first kappa shape index (κ1) is 11.9. The van der Waals surface area contributed by atoms with E-state index in [4.69, 9.17) is 28.9 Å². The Morgan fingerprint density at radius 2 is 2.29 bits per heavy atom. The molecule has 0 spiro atoms. The Morgan fingerprint density at radius 1 is 1.47 bits per heavy atom. The average molecular weight is 270 g/mol. The molecule has 17 heavy (non-hydrogen) atoms. The Balaban J connectivity index is 2.52. The van der Waals surface area contributed by atoms with Gasteiger partial charge in [-0.2, -0.15) is 5.10 Å². The molecule has 0 aliphatic heterocycles. The molecule has 0 unspecified atom stereocenters. The van der Waals surface area contributed by atoms with E-state index in [-0.39, 0.29) is 5.88 Å². The number of amidine groups is 1. The number of halogens is 2. The molecular weight excluding hydrogens is 261 g/mol. The highest BCUT2D eigenvalue weighted by atomic mass is 35.5. The summed E-state index contributed by atoms with van der Waals surface area (Å²) in [5.74, 6) is 0.471. The highest BCUT2D eigenvalue weighted by molar-refractivity contribution is 6.31. The van der Waals surface area contributed by atoms with Crippen molar-refractivity contribution in [1.82, 2.24) is 14.8 Å². The molecule has 0 saturated carbocycles. The molecule has 1 aromatic heterocycles. The average Bonchev–Trinajstić information content (AvgIpc) is 2.82. The van der Waals surface area contributed by atoms with Gasteiger partial charge in [-0.3, -0.25) is 0 Å². The van der Waals surface area contributed by atoms with E-state index >= 15 is 0 Å². The van der Waals surface area contributed by atoms with Crippen LogP contribution in [0, 0.1) is 0 Å². The van der Waals surface area contributed by atoms with Crippen LogP contribution in [-0.4, -0.2) is 26.5 Å². The van der Waals surface area contributed by atoms with Crippen molar-refractivity contribution in [3.8, 4) is 5.69 Å². The van der Waals surface area contributed by atoms with Crippen LogP contribution in [0.1, 0.15) is 0 Å². The summed E-state index contributed by atoms with van der Waals surface area (Å²) in [6.07, 6.45) is 3.01. The van der Waals surface area contributed by atoms with Gasteiger partial charge in [0.15, 0.2) is 0 Å². The van der Waals surface area contributed by atoms with Crippen molar-refractivity contribution in [3.05, 3.63) is 35.9 Å². The maximum Gasteiger partial charge on any atom is 0.138 e. The number of aromatic nitrogens is 3. The standard InChI is InChI=1S/C10H9Cl2N5/c11-4-10(13)16-8-3-7(12)1-2-9(8)17-6-14-5-15-17/h1-3,5-6H,4H2,(H2,13,16). The predicted octanol–water partition coefficient (Wildman–Crippen LogP) is 2.15. The van der Waals surface area contributed by atoms with Gasteiger partial charge in [0.1, 0.15) is 18.5 Å². The highest BCUT2D eigenvalue weighted by Crippen LogP contribution is 2.26. The van der Waals surface area contributed by atoms with Gasteiger partial charge >= 0.3 is 0 Å². The summed E-state index contributed by atoms with van der Waals surface area (Å²) in [5, 5.41) is 4.59. The maximum atomic E-state index is 5.92. The monoisotopic (exact) mass is 269 g/mol. The third-order valence-corrected chi connectivity index (χ3v) is 2.51. The van der Waals surface area contributed by atoms with Gasteiger partial charge in [0.25, 0.3) is 0 Å². The van der Waals surface area contributed by atoms with Gasteiger partial charge in [0.2, 0.25) is 0 Å². The van der Waals surface area contributed by atoms with Gasteiger partial charge in [-0.15, -0.1) is 11.6 Å². The largest absolute Gasteiger partial charge is 0.386 e. The lowest BCUT2D eigenvalue weighted by Crippen LogP contribution is -2.12. The number of nitrogens with two attached hydrogens (primary N) is 1. The molecule has 0 radical (unpaired) electrons. The van der Waals surface area contributed by atoms with Crippen LogP contribution in [0.3, 0.4) is 0 Å². The second-order valence-electron chi connectivity index (χ2n) is 3.21. The molecule has 0 aliphatic rings. The highest BCUT2D eigenvalue weighted by Gasteiger charge is 2.06. The third-order valence-electron chi connectivity index (χ3n) is 2.00. The minimum absolute atomic E-state index is 0.156.